The highest BCUT2D eigenvalue weighted by Crippen LogP contribution is 2.21. The fourth-order valence-electron chi connectivity index (χ4n) is 1.74. The number of nitrogens with zero attached hydrogens (tertiary/aromatic N) is 3. The Morgan fingerprint density at radius 1 is 1.08 bits per heavy atom. The number of hydrogen-bond acceptors (Lipinski definition) is 7. The lowest BCUT2D eigenvalue weighted by atomic mass is 10.2. The first-order valence-electron chi connectivity index (χ1n) is 6.44. The zero-order chi connectivity index (χ0) is 17.7. The summed E-state index contributed by atoms with van der Waals surface area (Å²) < 4.78 is 0. The van der Waals surface area contributed by atoms with Gasteiger partial charge in [0.1, 0.15) is 5.75 Å². The fraction of sp³-hybridized carbons (Fsp3) is 0. The number of nitro benzene ring substituents is 2. The van der Waals surface area contributed by atoms with Crippen molar-refractivity contribution in [3.8, 4) is 5.75 Å². The maximum Gasteiger partial charge on any atom is 0.271 e. The number of nitrogens with one attached hydrogen (secondary N) is 1. The third-order valence-electron chi connectivity index (χ3n) is 2.91. The standard InChI is InChI=1S/C14H10N4O6/c19-13-5-4-12(18(23)24)7-10(13)8-15-16-14(20)9-2-1-3-11(6-9)17(21)22/h1-8,19H,(H,16,20)/b15-8-. The van der Waals surface area contributed by atoms with Gasteiger partial charge in [0.25, 0.3) is 17.3 Å². The Morgan fingerprint density at radius 3 is 2.42 bits per heavy atom. The summed E-state index contributed by atoms with van der Waals surface area (Å²) in [4.78, 5) is 31.9. The number of hydrazone groups is 1. The molecule has 0 aliphatic rings. The van der Waals surface area contributed by atoms with Crippen LogP contribution in [0.3, 0.4) is 0 Å². The van der Waals surface area contributed by atoms with Crippen molar-refractivity contribution in [3.05, 3.63) is 73.8 Å². The summed E-state index contributed by atoms with van der Waals surface area (Å²) in [6.45, 7) is 0. The second-order valence-electron chi connectivity index (χ2n) is 4.51. The van der Waals surface area contributed by atoms with Crippen LogP contribution in [0.2, 0.25) is 0 Å². The lowest BCUT2D eigenvalue weighted by Crippen LogP contribution is -2.17. The van der Waals surface area contributed by atoms with Gasteiger partial charge in [-0.2, -0.15) is 5.10 Å². The molecule has 2 N–H and O–H groups in total. The molecule has 0 heterocycles. The third-order valence-corrected chi connectivity index (χ3v) is 2.91. The summed E-state index contributed by atoms with van der Waals surface area (Å²) >= 11 is 0. The van der Waals surface area contributed by atoms with E-state index in [4.69, 9.17) is 0 Å². The van der Waals surface area contributed by atoms with E-state index in [2.05, 4.69) is 10.5 Å². The monoisotopic (exact) mass is 330 g/mol. The molecule has 0 saturated carbocycles. The van der Waals surface area contributed by atoms with Crippen LogP contribution in [0.15, 0.2) is 47.6 Å². The number of hydrogen-bond donors (Lipinski definition) is 2. The van der Waals surface area contributed by atoms with Crippen LogP contribution in [0, 0.1) is 20.2 Å². The van der Waals surface area contributed by atoms with Gasteiger partial charge in [0.15, 0.2) is 0 Å². The van der Waals surface area contributed by atoms with E-state index in [0.717, 1.165) is 30.5 Å². The number of non-ortho nitro benzene ring substituents is 2. The summed E-state index contributed by atoms with van der Waals surface area (Å²) in [5.74, 6) is -0.964. The molecular weight excluding hydrogens is 320 g/mol. The quantitative estimate of drug-likeness (QED) is 0.486. The van der Waals surface area contributed by atoms with E-state index >= 15 is 0 Å². The molecule has 10 heteroatoms. The number of phenolic OH excluding ortho intramolecular Hbond substituents is 1. The summed E-state index contributed by atoms with van der Waals surface area (Å²) in [6, 6.07) is 8.36. The Hall–Kier alpha value is -3.82. The van der Waals surface area contributed by atoms with Crippen LogP contribution in [0.1, 0.15) is 15.9 Å². The van der Waals surface area contributed by atoms with Crippen molar-refractivity contribution in [2.24, 2.45) is 5.10 Å². The Morgan fingerprint density at radius 2 is 1.75 bits per heavy atom. The molecule has 2 aromatic rings. The molecule has 0 unspecified atom stereocenters. The average Bonchev–Trinajstić information content (AvgIpc) is 2.56. The van der Waals surface area contributed by atoms with Crippen LogP contribution >= 0.6 is 0 Å². The summed E-state index contributed by atoms with van der Waals surface area (Å²) in [5, 5.41) is 34.5. The maximum atomic E-state index is 11.9. The predicted molar refractivity (Wildman–Crippen MR) is 82.9 cm³/mol. The predicted octanol–water partition coefficient (Wildman–Crippen LogP) is 1.97. The lowest BCUT2D eigenvalue weighted by Gasteiger charge is -2.01. The van der Waals surface area contributed by atoms with Crippen molar-refractivity contribution in [2.45, 2.75) is 0 Å². The van der Waals surface area contributed by atoms with Gasteiger partial charge in [-0.25, -0.2) is 5.43 Å². The van der Waals surface area contributed by atoms with Gasteiger partial charge in [0, 0.05) is 35.4 Å². The fourth-order valence-corrected chi connectivity index (χ4v) is 1.74. The van der Waals surface area contributed by atoms with Gasteiger partial charge in [0.2, 0.25) is 0 Å². The zero-order valence-corrected chi connectivity index (χ0v) is 11.9. The minimum atomic E-state index is -0.708. The van der Waals surface area contributed by atoms with E-state index in [1.54, 1.807) is 0 Å². The highest BCUT2D eigenvalue weighted by Gasteiger charge is 2.11. The van der Waals surface area contributed by atoms with Crippen molar-refractivity contribution in [1.29, 1.82) is 0 Å². The van der Waals surface area contributed by atoms with Crippen molar-refractivity contribution in [1.82, 2.24) is 5.43 Å². The van der Waals surface area contributed by atoms with Gasteiger partial charge in [-0.15, -0.1) is 0 Å². The Kier molecular flexibility index (Phi) is 4.80. The Balaban J connectivity index is 2.13. The second-order valence-corrected chi connectivity index (χ2v) is 4.51. The molecule has 0 atom stereocenters. The van der Waals surface area contributed by atoms with E-state index in [1.807, 2.05) is 0 Å². The van der Waals surface area contributed by atoms with Gasteiger partial charge < -0.3 is 5.11 Å². The van der Waals surface area contributed by atoms with Gasteiger partial charge in [0.05, 0.1) is 16.1 Å². The van der Waals surface area contributed by atoms with Crippen LogP contribution in [-0.2, 0) is 0 Å². The molecule has 0 bridgehead atoms. The van der Waals surface area contributed by atoms with Crippen LogP contribution in [0.25, 0.3) is 0 Å². The Labute approximate surface area is 134 Å². The van der Waals surface area contributed by atoms with E-state index in [-0.39, 0.29) is 28.3 Å². The van der Waals surface area contributed by atoms with Crippen LogP contribution in [0.4, 0.5) is 11.4 Å². The van der Waals surface area contributed by atoms with Gasteiger partial charge in [-0.1, -0.05) is 6.07 Å². The first-order valence-corrected chi connectivity index (χ1v) is 6.44. The number of rotatable bonds is 5. The molecule has 0 fully saturated rings. The number of phenols is 1. The number of carbonyl (C=O) groups excluding carboxylic acids is 1. The lowest BCUT2D eigenvalue weighted by molar-refractivity contribution is -0.385. The first kappa shape index (κ1) is 16.5. The molecule has 0 aromatic heterocycles. The van der Waals surface area contributed by atoms with Gasteiger partial charge in [-0.05, 0) is 12.1 Å². The number of benzene rings is 2. The van der Waals surface area contributed by atoms with Crippen molar-refractivity contribution < 1.29 is 19.7 Å². The minimum Gasteiger partial charge on any atom is -0.507 e. The highest BCUT2D eigenvalue weighted by molar-refractivity contribution is 5.95. The van der Waals surface area contributed by atoms with Crippen molar-refractivity contribution in [2.75, 3.05) is 0 Å². The average molecular weight is 330 g/mol. The highest BCUT2D eigenvalue weighted by atomic mass is 16.6. The van der Waals surface area contributed by atoms with E-state index < -0.39 is 15.8 Å². The smallest absolute Gasteiger partial charge is 0.271 e. The summed E-state index contributed by atoms with van der Waals surface area (Å²) in [6.07, 6.45) is 1.03. The molecular formula is C14H10N4O6. The minimum absolute atomic E-state index is 0.0182. The number of nitro groups is 2. The maximum absolute atomic E-state index is 11.9. The van der Waals surface area contributed by atoms with Crippen molar-refractivity contribution in [3.63, 3.8) is 0 Å². The third kappa shape index (κ3) is 3.88. The molecule has 2 rings (SSSR count). The normalized spacial score (nSPS) is 10.5. The molecule has 10 nitrogen and oxygen atoms in total. The molecule has 0 aliphatic carbocycles. The largest absolute Gasteiger partial charge is 0.507 e. The molecule has 0 radical (unpaired) electrons. The van der Waals surface area contributed by atoms with E-state index in [0.29, 0.717) is 0 Å². The number of aromatic hydroxyl groups is 1. The van der Waals surface area contributed by atoms with Gasteiger partial charge >= 0.3 is 0 Å². The molecule has 0 spiro atoms. The SMILES string of the molecule is O=C(N/N=C\c1cc([N+](=O)[O-])ccc1O)c1cccc([N+](=O)[O-])c1. The van der Waals surface area contributed by atoms with Crippen LogP contribution in [0.5, 0.6) is 5.75 Å². The number of amides is 1. The first-order chi connectivity index (χ1) is 11.4. The zero-order valence-electron chi connectivity index (χ0n) is 11.9. The topological polar surface area (TPSA) is 148 Å². The molecule has 2 aromatic carbocycles. The van der Waals surface area contributed by atoms with Crippen LogP contribution < -0.4 is 5.43 Å². The molecule has 122 valence electrons. The van der Waals surface area contributed by atoms with Crippen LogP contribution in [-0.4, -0.2) is 27.1 Å². The molecule has 24 heavy (non-hydrogen) atoms. The van der Waals surface area contributed by atoms with Gasteiger partial charge in [-0.3, -0.25) is 25.0 Å². The summed E-state index contributed by atoms with van der Waals surface area (Å²) in [5.41, 5.74) is 1.67. The number of carbonyl (C=O) groups is 1. The molecule has 0 aliphatic heterocycles. The summed E-state index contributed by atoms with van der Waals surface area (Å²) in [7, 11) is 0. The Bertz CT molecular complexity index is 849. The van der Waals surface area contributed by atoms with E-state index in [1.165, 1.54) is 18.2 Å². The van der Waals surface area contributed by atoms with E-state index in [9.17, 15) is 30.1 Å². The molecule has 1 amide bonds. The second kappa shape index (κ2) is 6.96. The van der Waals surface area contributed by atoms with Crippen molar-refractivity contribution >= 4 is 23.5 Å². The molecule has 0 saturated heterocycles.